The van der Waals surface area contributed by atoms with Crippen molar-refractivity contribution in [1.82, 2.24) is 4.90 Å². The number of nitrogens with zero attached hydrogens (tertiary/aromatic N) is 1. The Balaban J connectivity index is 3.84. The highest BCUT2D eigenvalue weighted by Gasteiger charge is 2.06. The third-order valence-electron chi connectivity index (χ3n) is 3.76. The molecule has 0 saturated heterocycles. The molecule has 0 atom stereocenters. The molecule has 0 amide bonds. The quantitative estimate of drug-likeness (QED) is 0.147. The van der Waals surface area contributed by atoms with Crippen LogP contribution in [0.5, 0.6) is 0 Å². The Morgan fingerprint density at radius 2 is 0.900 bits per heavy atom. The second-order valence-corrected chi connectivity index (χ2v) is 6.24. The van der Waals surface area contributed by atoms with E-state index in [0.717, 1.165) is 19.6 Å². The standard InChI is InChI=1S/C19H41N3O8/c20-2-8-26-14-17-29-11-5-22(6-12-30-18-15-27-9-3-21)4-10-28-16-13-25-7-1-19(23)24/h1-18,20-21H2,(H,23,24). The lowest BCUT2D eigenvalue weighted by Gasteiger charge is -2.22. The summed E-state index contributed by atoms with van der Waals surface area (Å²) in [6.07, 6.45) is 0.00228. The van der Waals surface area contributed by atoms with Crippen LogP contribution in [0.4, 0.5) is 0 Å². The predicted molar refractivity (Wildman–Crippen MR) is 112 cm³/mol. The van der Waals surface area contributed by atoms with Gasteiger partial charge in [0, 0.05) is 32.7 Å². The zero-order valence-electron chi connectivity index (χ0n) is 18.1. The van der Waals surface area contributed by atoms with Gasteiger partial charge < -0.3 is 45.0 Å². The smallest absolute Gasteiger partial charge is 0.305 e. The third kappa shape index (κ3) is 23.4. The molecule has 0 unspecified atom stereocenters. The first-order chi connectivity index (χ1) is 14.7. The molecule has 11 nitrogen and oxygen atoms in total. The number of aliphatic carboxylic acids is 1. The van der Waals surface area contributed by atoms with Crippen molar-refractivity contribution in [2.75, 3.05) is 112 Å². The van der Waals surface area contributed by atoms with Crippen LogP contribution in [0, 0.1) is 0 Å². The Hall–Kier alpha value is -0.890. The Bertz CT molecular complexity index is 349. The number of carbonyl (C=O) groups is 1. The minimum absolute atomic E-state index is 0.00228. The third-order valence-corrected chi connectivity index (χ3v) is 3.76. The average Bonchev–Trinajstić information content (AvgIpc) is 2.73. The molecule has 0 aromatic rings. The van der Waals surface area contributed by atoms with Gasteiger partial charge in [-0.1, -0.05) is 0 Å². The Kier molecular flexibility index (Phi) is 23.7. The molecule has 0 radical (unpaired) electrons. The summed E-state index contributed by atoms with van der Waals surface area (Å²) in [7, 11) is 0. The molecule has 0 aliphatic heterocycles. The van der Waals surface area contributed by atoms with Crippen molar-refractivity contribution >= 4 is 5.97 Å². The maximum absolute atomic E-state index is 10.4. The van der Waals surface area contributed by atoms with E-state index >= 15 is 0 Å². The Labute approximate surface area is 179 Å². The molecule has 0 aliphatic rings. The lowest BCUT2D eigenvalue weighted by atomic mass is 10.4. The Morgan fingerprint density at radius 1 is 0.567 bits per heavy atom. The SMILES string of the molecule is NCCOCCOCCN(CCOCCOCCN)CCOCCOCCC(=O)O. The highest BCUT2D eigenvalue weighted by molar-refractivity contribution is 5.66. The molecule has 0 aliphatic carbocycles. The molecule has 0 bridgehead atoms. The molecule has 5 N–H and O–H groups in total. The summed E-state index contributed by atoms with van der Waals surface area (Å²) in [6.45, 7) is 9.20. The van der Waals surface area contributed by atoms with Gasteiger partial charge in [-0.05, 0) is 0 Å². The molecule has 11 heteroatoms. The van der Waals surface area contributed by atoms with Gasteiger partial charge >= 0.3 is 5.97 Å². The maximum Gasteiger partial charge on any atom is 0.305 e. The molecule has 0 aromatic carbocycles. The van der Waals surface area contributed by atoms with Crippen LogP contribution >= 0.6 is 0 Å². The largest absolute Gasteiger partial charge is 0.481 e. The van der Waals surface area contributed by atoms with Gasteiger partial charge in [-0.25, -0.2) is 0 Å². The van der Waals surface area contributed by atoms with Crippen molar-refractivity contribution < 1.29 is 38.3 Å². The number of nitrogens with two attached hydrogens (primary N) is 2. The highest BCUT2D eigenvalue weighted by atomic mass is 16.5. The summed E-state index contributed by atoms with van der Waals surface area (Å²) in [6, 6.07) is 0. The average molecular weight is 440 g/mol. The number of hydrogen-bond donors (Lipinski definition) is 3. The molecule has 0 fully saturated rings. The fourth-order valence-corrected chi connectivity index (χ4v) is 2.21. The lowest BCUT2D eigenvalue weighted by Crippen LogP contribution is -2.34. The molecular formula is C19H41N3O8. The van der Waals surface area contributed by atoms with Crippen LogP contribution < -0.4 is 11.5 Å². The van der Waals surface area contributed by atoms with Crippen LogP contribution in [0.2, 0.25) is 0 Å². The summed E-state index contributed by atoms with van der Waals surface area (Å²) >= 11 is 0. The first-order valence-electron chi connectivity index (χ1n) is 10.5. The van der Waals surface area contributed by atoms with E-state index in [4.69, 9.17) is 45.0 Å². The molecule has 0 spiro atoms. The van der Waals surface area contributed by atoms with Crippen LogP contribution in [-0.4, -0.2) is 128 Å². The Morgan fingerprint density at radius 3 is 1.23 bits per heavy atom. The van der Waals surface area contributed by atoms with E-state index < -0.39 is 5.97 Å². The first-order valence-corrected chi connectivity index (χ1v) is 10.5. The van der Waals surface area contributed by atoms with Gasteiger partial charge in [-0.3, -0.25) is 9.69 Å². The van der Waals surface area contributed by atoms with Crippen LogP contribution in [0.15, 0.2) is 0 Å². The van der Waals surface area contributed by atoms with E-state index in [1.165, 1.54) is 0 Å². The van der Waals surface area contributed by atoms with E-state index in [1.807, 2.05) is 0 Å². The maximum atomic E-state index is 10.4. The molecule has 0 aromatic heterocycles. The van der Waals surface area contributed by atoms with Gasteiger partial charge in [0.05, 0.1) is 85.7 Å². The second kappa shape index (κ2) is 24.4. The monoisotopic (exact) mass is 439 g/mol. The van der Waals surface area contributed by atoms with Gasteiger partial charge in [0.25, 0.3) is 0 Å². The van der Waals surface area contributed by atoms with E-state index in [2.05, 4.69) is 4.90 Å². The van der Waals surface area contributed by atoms with Crippen molar-refractivity contribution in [3.63, 3.8) is 0 Å². The molecule has 0 heterocycles. The van der Waals surface area contributed by atoms with Crippen molar-refractivity contribution in [3.05, 3.63) is 0 Å². The highest BCUT2D eigenvalue weighted by Crippen LogP contribution is 1.93. The van der Waals surface area contributed by atoms with Crippen molar-refractivity contribution in [1.29, 1.82) is 0 Å². The summed E-state index contributed by atoms with van der Waals surface area (Å²) in [5.41, 5.74) is 10.7. The molecular weight excluding hydrogens is 398 g/mol. The van der Waals surface area contributed by atoms with Crippen molar-refractivity contribution in [2.45, 2.75) is 6.42 Å². The zero-order valence-corrected chi connectivity index (χ0v) is 18.1. The van der Waals surface area contributed by atoms with Crippen LogP contribution in [0.1, 0.15) is 6.42 Å². The fourth-order valence-electron chi connectivity index (χ4n) is 2.21. The molecule has 0 rings (SSSR count). The first kappa shape index (κ1) is 29.1. The van der Waals surface area contributed by atoms with Gasteiger partial charge in [-0.15, -0.1) is 0 Å². The van der Waals surface area contributed by atoms with Crippen molar-refractivity contribution in [3.8, 4) is 0 Å². The summed E-state index contributed by atoms with van der Waals surface area (Å²) in [5, 5.41) is 8.54. The van der Waals surface area contributed by atoms with Gasteiger partial charge in [0.2, 0.25) is 0 Å². The fraction of sp³-hybridized carbons (Fsp3) is 0.947. The van der Waals surface area contributed by atoms with Crippen molar-refractivity contribution in [2.24, 2.45) is 11.5 Å². The topological polar surface area (TPSA) is 148 Å². The van der Waals surface area contributed by atoms with E-state index in [0.29, 0.717) is 85.8 Å². The number of hydrogen-bond acceptors (Lipinski definition) is 10. The van der Waals surface area contributed by atoms with Gasteiger partial charge in [0.1, 0.15) is 0 Å². The lowest BCUT2D eigenvalue weighted by molar-refractivity contribution is -0.138. The number of ether oxygens (including phenoxy) is 6. The summed E-state index contributed by atoms with van der Waals surface area (Å²) in [4.78, 5) is 12.6. The molecule has 30 heavy (non-hydrogen) atoms. The molecule has 180 valence electrons. The van der Waals surface area contributed by atoms with E-state index in [9.17, 15) is 4.79 Å². The predicted octanol–water partition coefficient (Wildman–Crippen LogP) is -1.22. The minimum atomic E-state index is -0.868. The zero-order chi connectivity index (χ0) is 22.1. The number of carboxylic acid groups (broad SMARTS) is 1. The summed E-state index contributed by atoms with van der Waals surface area (Å²) < 4.78 is 32.5. The number of rotatable bonds is 25. The van der Waals surface area contributed by atoms with Crippen LogP contribution in [0.25, 0.3) is 0 Å². The van der Waals surface area contributed by atoms with Crippen LogP contribution in [-0.2, 0) is 33.2 Å². The normalized spacial score (nSPS) is 11.4. The molecule has 0 saturated carbocycles. The van der Waals surface area contributed by atoms with Crippen LogP contribution in [0.3, 0.4) is 0 Å². The second-order valence-electron chi connectivity index (χ2n) is 6.24. The van der Waals surface area contributed by atoms with E-state index in [1.54, 1.807) is 0 Å². The summed E-state index contributed by atoms with van der Waals surface area (Å²) in [5.74, 6) is -0.868. The van der Waals surface area contributed by atoms with Gasteiger partial charge in [-0.2, -0.15) is 0 Å². The van der Waals surface area contributed by atoms with E-state index in [-0.39, 0.29) is 13.0 Å². The van der Waals surface area contributed by atoms with Gasteiger partial charge in [0.15, 0.2) is 0 Å². The number of carboxylic acids is 1. The minimum Gasteiger partial charge on any atom is -0.481 e.